The van der Waals surface area contributed by atoms with Crippen LogP contribution >= 0.6 is 0 Å². The van der Waals surface area contributed by atoms with Gasteiger partial charge in [-0.15, -0.1) is 5.10 Å². The van der Waals surface area contributed by atoms with Gasteiger partial charge in [0.15, 0.2) is 5.69 Å². The zero-order valence-corrected chi connectivity index (χ0v) is 13.4. The molecule has 2 rings (SSSR count). The van der Waals surface area contributed by atoms with E-state index in [-0.39, 0.29) is 18.9 Å². The van der Waals surface area contributed by atoms with Crippen LogP contribution in [0.5, 0.6) is 0 Å². The predicted molar refractivity (Wildman–Crippen MR) is 82.8 cm³/mol. The number of carbonyl (C=O) groups is 2. The minimum Gasteiger partial charge on any atom is -0.464 e. The van der Waals surface area contributed by atoms with Gasteiger partial charge in [0.1, 0.15) is 11.7 Å². The molecule has 2 aromatic rings. The van der Waals surface area contributed by atoms with Crippen molar-refractivity contribution in [3.8, 4) is 11.3 Å². The maximum atomic E-state index is 12.1. The Bertz CT molecular complexity index is 682. The van der Waals surface area contributed by atoms with Gasteiger partial charge in [-0.1, -0.05) is 35.5 Å². The SMILES string of the molecule is CCOC(=O)c1nnn(C(C)C(=O)OCC)c1-c1ccccc1. The van der Waals surface area contributed by atoms with E-state index < -0.39 is 18.0 Å². The molecule has 0 aliphatic rings. The van der Waals surface area contributed by atoms with Gasteiger partial charge >= 0.3 is 11.9 Å². The minimum atomic E-state index is -0.708. The summed E-state index contributed by atoms with van der Waals surface area (Å²) >= 11 is 0. The van der Waals surface area contributed by atoms with Crippen molar-refractivity contribution in [2.75, 3.05) is 13.2 Å². The summed E-state index contributed by atoms with van der Waals surface area (Å²) in [7, 11) is 0. The number of carbonyl (C=O) groups excluding carboxylic acids is 2. The van der Waals surface area contributed by atoms with Gasteiger partial charge in [0, 0.05) is 5.56 Å². The molecule has 7 heteroatoms. The number of esters is 2. The number of benzene rings is 1. The molecule has 122 valence electrons. The number of ether oxygens (including phenoxy) is 2. The van der Waals surface area contributed by atoms with Crippen LogP contribution in [0.3, 0.4) is 0 Å². The van der Waals surface area contributed by atoms with Gasteiger partial charge < -0.3 is 9.47 Å². The summed E-state index contributed by atoms with van der Waals surface area (Å²) in [4.78, 5) is 24.1. The van der Waals surface area contributed by atoms with Gasteiger partial charge in [-0.3, -0.25) is 0 Å². The Hall–Kier alpha value is -2.70. The standard InChI is InChI=1S/C16H19N3O4/c1-4-22-15(20)11(3)19-14(12-9-7-6-8-10-12)13(17-18-19)16(21)23-5-2/h6-11H,4-5H2,1-3H3. The van der Waals surface area contributed by atoms with Crippen LogP contribution in [0.4, 0.5) is 0 Å². The van der Waals surface area contributed by atoms with Crippen molar-refractivity contribution >= 4 is 11.9 Å². The molecule has 0 saturated carbocycles. The number of nitrogens with zero attached hydrogens (tertiary/aromatic N) is 3. The Morgan fingerprint density at radius 1 is 1.13 bits per heavy atom. The van der Waals surface area contributed by atoms with E-state index in [9.17, 15) is 9.59 Å². The topological polar surface area (TPSA) is 83.3 Å². The van der Waals surface area contributed by atoms with E-state index in [1.807, 2.05) is 30.3 Å². The quantitative estimate of drug-likeness (QED) is 0.760. The summed E-state index contributed by atoms with van der Waals surface area (Å²) in [5, 5.41) is 7.87. The molecule has 1 aromatic heterocycles. The number of rotatable bonds is 6. The van der Waals surface area contributed by atoms with Crippen molar-refractivity contribution in [1.82, 2.24) is 15.0 Å². The third-order valence-electron chi connectivity index (χ3n) is 3.21. The van der Waals surface area contributed by atoms with Crippen LogP contribution in [0.1, 0.15) is 37.3 Å². The van der Waals surface area contributed by atoms with Crippen molar-refractivity contribution in [2.45, 2.75) is 26.8 Å². The third-order valence-corrected chi connectivity index (χ3v) is 3.21. The van der Waals surface area contributed by atoms with Gasteiger partial charge in [-0.25, -0.2) is 14.3 Å². The van der Waals surface area contributed by atoms with Crippen LogP contribution in [-0.2, 0) is 14.3 Å². The normalized spacial score (nSPS) is 11.8. The molecule has 1 aromatic carbocycles. The highest BCUT2D eigenvalue weighted by Crippen LogP contribution is 2.26. The molecule has 0 radical (unpaired) electrons. The van der Waals surface area contributed by atoms with Crippen molar-refractivity contribution in [3.63, 3.8) is 0 Å². The molecule has 0 N–H and O–H groups in total. The zero-order valence-electron chi connectivity index (χ0n) is 13.4. The molecule has 0 saturated heterocycles. The van der Waals surface area contributed by atoms with E-state index in [1.54, 1.807) is 20.8 Å². The van der Waals surface area contributed by atoms with E-state index in [4.69, 9.17) is 9.47 Å². The predicted octanol–water partition coefficient (Wildman–Crippen LogP) is 2.25. The molecule has 1 atom stereocenters. The maximum absolute atomic E-state index is 12.1. The second-order valence-electron chi connectivity index (χ2n) is 4.75. The zero-order chi connectivity index (χ0) is 16.8. The summed E-state index contributed by atoms with van der Waals surface area (Å²) in [6.07, 6.45) is 0. The fourth-order valence-corrected chi connectivity index (χ4v) is 2.13. The molecule has 0 bridgehead atoms. The fourth-order valence-electron chi connectivity index (χ4n) is 2.13. The molecule has 0 aliphatic carbocycles. The lowest BCUT2D eigenvalue weighted by atomic mass is 10.1. The van der Waals surface area contributed by atoms with E-state index in [2.05, 4.69) is 10.3 Å². The Morgan fingerprint density at radius 2 is 1.78 bits per heavy atom. The van der Waals surface area contributed by atoms with Crippen LogP contribution < -0.4 is 0 Å². The Labute approximate surface area is 134 Å². The van der Waals surface area contributed by atoms with E-state index in [1.165, 1.54) is 4.68 Å². The van der Waals surface area contributed by atoms with Crippen molar-refractivity contribution in [1.29, 1.82) is 0 Å². The smallest absolute Gasteiger partial charge is 0.361 e. The molecule has 0 spiro atoms. The van der Waals surface area contributed by atoms with Crippen LogP contribution in [0.15, 0.2) is 30.3 Å². The molecule has 0 fully saturated rings. The van der Waals surface area contributed by atoms with Crippen molar-refractivity contribution in [3.05, 3.63) is 36.0 Å². The molecule has 7 nitrogen and oxygen atoms in total. The lowest BCUT2D eigenvalue weighted by molar-refractivity contribution is -0.146. The first-order valence-corrected chi connectivity index (χ1v) is 7.44. The van der Waals surface area contributed by atoms with Gasteiger partial charge in [-0.05, 0) is 20.8 Å². The average molecular weight is 317 g/mol. The summed E-state index contributed by atoms with van der Waals surface area (Å²) in [5.74, 6) is -1.02. The highest BCUT2D eigenvalue weighted by molar-refractivity contribution is 5.94. The lowest BCUT2D eigenvalue weighted by Crippen LogP contribution is -2.21. The largest absolute Gasteiger partial charge is 0.464 e. The first-order valence-electron chi connectivity index (χ1n) is 7.44. The first kappa shape index (κ1) is 16.7. The summed E-state index contributed by atoms with van der Waals surface area (Å²) in [6.45, 7) is 5.59. The molecule has 0 aliphatic heterocycles. The molecule has 23 heavy (non-hydrogen) atoms. The maximum Gasteiger partial charge on any atom is 0.361 e. The van der Waals surface area contributed by atoms with Crippen LogP contribution in [0.2, 0.25) is 0 Å². The summed E-state index contributed by atoms with van der Waals surface area (Å²) < 4.78 is 11.4. The lowest BCUT2D eigenvalue weighted by Gasteiger charge is -2.14. The Kier molecular flexibility index (Phi) is 5.46. The van der Waals surface area contributed by atoms with Crippen molar-refractivity contribution in [2.24, 2.45) is 0 Å². The van der Waals surface area contributed by atoms with Gasteiger partial charge in [0.05, 0.1) is 13.2 Å². The Morgan fingerprint density at radius 3 is 2.39 bits per heavy atom. The third kappa shape index (κ3) is 3.56. The van der Waals surface area contributed by atoms with E-state index in [0.29, 0.717) is 5.69 Å². The molecule has 1 heterocycles. The number of hydrogen-bond donors (Lipinski definition) is 0. The highest BCUT2D eigenvalue weighted by Gasteiger charge is 2.27. The van der Waals surface area contributed by atoms with Gasteiger partial charge in [-0.2, -0.15) is 0 Å². The second-order valence-corrected chi connectivity index (χ2v) is 4.75. The van der Waals surface area contributed by atoms with Crippen LogP contribution in [-0.4, -0.2) is 40.1 Å². The summed E-state index contributed by atoms with van der Waals surface area (Å²) in [6, 6.07) is 8.44. The average Bonchev–Trinajstić information content (AvgIpc) is 3.00. The summed E-state index contributed by atoms with van der Waals surface area (Å²) in [5.41, 5.74) is 1.23. The van der Waals surface area contributed by atoms with Gasteiger partial charge in [0.25, 0.3) is 0 Å². The van der Waals surface area contributed by atoms with E-state index >= 15 is 0 Å². The number of hydrogen-bond acceptors (Lipinski definition) is 6. The molecular formula is C16H19N3O4. The number of aromatic nitrogens is 3. The molecule has 0 amide bonds. The minimum absolute atomic E-state index is 0.0780. The molecule has 1 unspecified atom stereocenters. The Balaban J connectivity index is 2.51. The fraction of sp³-hybridized carbons (Fsp3) is 0.375. The first-order chi connectivity index (χ1) is 11.1. The monoisotopic (exact) mass is 317 g/mol. The second kappa shape index (κ2) is 7.53. The van der Waals surface area contributed by atoms with Crippen LogP contribution in [0, 0.1) is 0 Å². The van der Waals surface area contributed by atoms with E-state index in [0.717, 1.165) is 5.56 Å². The van der Waals surface area contributed by atoms with Crippen molar-refractivity contribution < 1.29 is 19.1 Å². The van der Waals surface area contributed by atoms with Gasteiger partial charge in [0.2, 0.25) is 0 Å². The highest BCUT2D eigenvalue weighted by atomic mass is 16.5. The molecular weight excluding hydrogens is 298 g/mol. The van der Waals surface area contributed by atoms with Crippen LogP contribution in [0.25, 0.3) is 11.3 Å².